The van der Waals surface area contributed by atoms with E-state index in [1.165, 1.54) is 18.2 Å². The molecule has 1 aliphatic carbocycles. The second-order valence-electron chi connectivity index (χ2n) is 4.97. The molecule has 0 radical (unpaired) electrons. The van der Waals surface area contributed by atoms with Gasteiger partial charge in [-0.15, -0.1) is 0 Å². The number of fused-ring (bicyclic) bond motifs is 1. The minimum atomic E-state index is -0.622. The predicted molar refractivity (Wildman–Crippen MR) is 83.0 cm³/mol. The zero-order valence-electron chi connectivity index (χ0n) is 11.5. The standard InChI is InChI=1S/C16H13ClF2O2S/c17-9-5-10(19)7-11(6-9)21-14-3-4-15(22-8-18)16-12(14)1-2-13(16)20/h3-7,13,20H,1-2,8H2. The molecule has 2 aromatic rings. The summed E-state index contributed by atoms with van der Waals surface area (Å²) in [7, 11) is 0. The van der Waals surface area contributed by atoms with Crippen molar-refractivity contribution in [1.29, 1.82) is 0 Å². The molecular weight excluding hydrogens is 330 g/mol. The summed E-state index contributed by atoms with van der Waals surface area (Å²) >= 11 is 6.86. The maximum Gasteiger partial charge on any atom is 0.139 e. The van der Waals surface area contributed by atoms with Gasteiger partial charge in [0.15, 0.2) is 0 Å². The van der Waals surface area contributed by atoms with Crippen molar-refractivity contribution in [2.75, 3.05) is 6.01 Å². The fraction of sp³-hybridized carbons (Fsp3) is 0.250. The molecule has 0 amide bonds. The van der Waals surface area contributed by atoms with E-state index in [0.29, 0.717) is 34.8 Å². The quantitative estimate of drug-likeness (QED) is 0.767. The Morgan fingerprint density at radius 3 is 2.86 bits per heavy atom. The molecule has 116 valence electrons. The lowest BCUT2D eigenvalue weighted by Crippen LogP contribution is -1.96. The fourth-order valence-electron chi connectivity index (χ4n) is 2.67. The van der Waals surface area contributed by atoms with Crippen LogP contribution in [0.15, 0.2) is 35.2 Å². The van der Waals surface area contributed by atoms with E-state index in [0.717, 1.165) is 17.3 Å². The van der Waals surface area contributed by atoms with Crippen LogP contribution < -0.4 is 4.74 Å². The first-order valence-electron chi connectivity index (χ1n) is 6.75. The highest BCUT2D eigenvalue weighted by Gasteiger charge is 2.27. The SMILES string of the molecule is OC1CCc2c(Oc3cc(F)cc(Cl)c3)ccc(SCF)c21. The molecule has 1 N–H and O–H groups in total. The molecule has 0 heterocycles. The lowest BCUT2D eigenvalue weighted by Gasteiger charge is -2.14. The van der Waals surface area contributed by atoms with Crippen LogP contribution >= 0.6 is 23.4 Å². The molecule has 0 saturated carbocycles. The monoisotopic (exact) mass is 342 g/mol. The molecule has 0 aliphatic heterocycles. The molecule has 3 rings (SSSR count). The average molecular weight is 343 g/mol. The van der Waals surface area contributed by atoms with Gasteiger partial charge in [0.1, 0.15) is 23.3 Å². The topological polar surface area (TPSA) is 29.5 Å². The first kappa shape index (κ1) is 15.6. The summed E-state index contributed by atoms with van der Waals surface area (Å²) < 4.78 is 31.7. The lowest BCUT2D eigenvalue weighted by atomic mass is 10.1. The highest BCUT2D eigenvalue weighted by Crippen LogP contribution is 2.44. The zero-order chi connectivity index (χ0) is 15.7. The molecule has 1 aliphatic rings. The van der Waals surface area contributed by atoms with Gasteiger partial charge in [-0.25, -0.2) is 8.78 Å². The van der Waals surface area contributed by atoms with Crippen molar-refractivity contribution in [3.8, 4) is 11.5 Å². The Bertz CT molecular complexity index is 689. The molecule has 0 bridgehead atoms. The Morgan fingerprint density at radius 2 is 2.14 bits per heavy atom. The van der Waals surface area contributed by atoms with E-state index in [4.69, 9.17) is 16.3 Å². The second kappa shape index (κ2) is 6.44. The number of aliphatic hydroxyl groups is 1. The van der Waals surface area contributed by atoms with Crippen LogP contribution in [0.5, 0.6) is 11.5 Å². The average Bonchev–Trinajstić information content (AvgIpc) is 2.83. The van der Waals surface area contributed by atoms with Crippen molar-refractivity contribution in [3.63, 3.8) is 0 Å². The number of rotatable bonds is 4. The van der Waals surface area contributed by atoms with Gasteiger partial charge in [0.05, 0.1) is 6.10 Å². The van der Waals surface area contributed by atoms with Crippen LogP contribution in [0.4, 0.5) is 8.78 Å². The van der Waals surface area contributed by atoms with E-state index in [1.807, 2.05) is 0 Å². The second-order valence-corrected chi connectivity index (χ2v) is 6.35. The third kappa shape index (κ3) is 3.07. The van der Waals surface area contributed by atoms with Crippen molar-refractivity contribution >= 4 is 23.4 Å². The molecular formula is C16H13ClF2O2S. The number of hydrogen-bond donors (Lipinski definition) is 1. The maximum atomic E-state index is 13.4. The van der Waals surface area contributed by atoms with Gasteiger partial charge >= 0.3 is 0 Å². The lowest BCUT2D eigenvalue weighted by molar-refractivity contribution is 0.177. The third-order valence-corrected chi connectivity index (χ3v) is 4.54. The Labute approximate surface area is 136 Å². The van der Waals surface area contributed by atoms with Crippen LogP contribution in [0.25, 0.3) is 0 Å². The van der Waals surface area contributed by atoms with Gasteiger partial charge in [0.25, 0.3) is 0 Å². The summed E-state index contributed by atoms with van der Waals surface area (Å²) in [6.45, 7) is 0. The van der Waals surface area contributed by atoms with E-state index >= 15 is 0 Å². The van der Waals surface area contributed by atoms with Crippen LogP contribution in [-0.4, -0.2) is 11.1 Å². The molecule has 22 heavy (non-hydrogen) atoms. The van der Waals surface area contributed by atoms with Crippen molar-refractivity contribution in [2.45, 2.75) is 23.8 Å². The van der Waals surface area contributed by atoms with Gasteiger partial charge in [-0.05, 0) is 37.1 Å². The number of hydrogen-bond acceptors (Lipinski definition) is 3. The number of thioether (sulfide) groups is 1. The largest absolute Gasteiger partial charge is 0.457 e. The summed E-state index contributed by atoms with van der Waals surface area (Å²) in [5.74, 6) is 0.347. The Balaban J connectivity index is 1.98. The van der Waals surface area contributed by atoms with Crippen molar-refractivity contribution in [3.05, 3.63) is 52.3 Å². The van der Waals surface area contributed by atoms with Crippen LogP contribution in [0, 0.1) is 5.82 Å². The molecule has 2 nitrogen and oxygen atoms in total. The predicted octanol–water partition coefficient (Wildman–Crippen LogP) is 5.27. The Hall–Kier alpha value is -1.30. The van der Waals surface area contributed by atoms with E-state index in [2.05, 4.69) is 0 Å². The van der Waals surface area contributed by atoms with E-state index in [9.17, 15) is 13.9 Å². The molecule has 0 saturated heterocycles. The van der Waals surface area contributed by atoms with E-state index in [-0.39, 0.29) is 5.02 Å². The minimum Gasteiger partial charge on any atom is -0.457 e. The maximum absolute atomic E-state index is 13.4. The molecule has 0 aromatic heterocycles. The van der Waals surface area contributed by atoms with Gasteiger partial charge in [-0.3, -0.25) is 0 Å². The molecule has 6 heteroatoms. The van der Waals surface area contributed by atoms with Crippen molar-refractivity contribution in [1.82, 2.24) is 0 Å². The molecule has 1 atom stereocenters. The fourth-order valence-corrected chi connectivity index (χ4v) is 3.57. The number of aliphatic hydroxyl groups excluding tert-OH is 1. The van der Waals surface area contributed by atoms with Crippen molar-refractivity contribution < 1.29 is 18.6 Å². The molecule has 0 spiro atoms. The number of halogens is 3. The van der Waals surface area contributed by atoms with Gasteiger partial charge in [0, 0.05) is 27.1 Å². The first-order valence-corrected chi connectivity index (χ1v) is 8.11. The number of benzene rings is 2. The van der Waals surface area contributed by atoms with Crippen LogP contribution in [-0.2, 0) is 6.42 Å². The van der Waals surface area contributed by atoms with Gasteiger partial charge in [-0.1, -0.05) is 23.4 Å². The summed E-state index contributed by atoms with van der Waals surface area (Å²) in [6, 6.07) is 6.84. The Morgan fingerprint density at radius 1 is 1.32 bits per heavy atom. The molecule has 0 fully saturated rings. The van der Waals surface area contributed by atoms with Gasteiger partial charge < -0.3 is 9.84 Å². The molecule has 1 unspecified atom stereocenters. The van der Waals surface area contributed by atoms with Crippen molar-refractivity contribution in [2.24, 2.45) is 0 Å². The minimum absolute atomic E-state index is 0.247. The first-order chi connectivity index (χ1) is 10.6. The van der Waals surface area contributed by atoms with Gasteiger partial charge in [-0.2, -0.15) is 0 Å². The number of alkyl halides is 1. The summed E-state index contributed by atoms with van der Waals surface area (Å²) in [4.78, 5) is 0.715. The molecule has 2 aromatic carbocycles. The smallest absolute Gasteiger partial charge is 0.139 e. The van der Waals surface area contributed by atoms with Crippen LogP contribution in [0.2, 0.25) is 5.02 Å². The van der Waals surface area contributed by atoms with Gasteiger partial charge in [0.2, 0.25) is 0 Å². The normalized spacial score (nSPS) is 16.6. The van der Waals surface area contributed by atoms with Crippen LogP contribution in [0.1, 0.15) is 23.7 Å². The zero-order valence-corrected chi connectivity index (χ0v) is 13.1. The Kier molecular flexibility index (Phi) is 4.57. The summed E-state index contributed by atoms with van der Waals surface area (Å²) in [6.07, 6.45) is 0.582. The summed E-state index contributed by atoms with van der Waals surface area (Å²) in [5.41, 5.74) is 1.55. The highest BCUT2D eigenvalue weighted by molar-refractivity contribution is 7.99. The van der Waals surface area contributed by atoms with E-state index in [1.54, 1.807) is 12.1 Å². The van der Waals surface area contributed by atoms with Crippen LogP contribution in [0.3, 0.4) is 0 Å². The summed E-state index contributed by atoms with van der Waals surface area (Å²) in [5, 5.41) is 10.3. The third-order valence-electron chi connectivity index (χ3n) is 3.55. The van der Waals surface area contributed by atoms with E-state index < -0.39 is 17.9 Å². The highest BCUT2D eigenvalue weighted by atomic mass is 35.5. The number of ether oxygens (including phenoxy) is 1.